The van der Waals surface area contributed by atoms with E-state index in [4.69, 9.17) is 5.73 Å². The van der Waals surface area contributed by atoms with Crippen molar-refractivity contribution in [3.05, 3.63) is 28.9 Å². The van der Waals surface area contributed by atoms with E-state index >= 15 is 0 Å². The summed E-state index contributed by atoms with van der Waals surface area (Å²) in [6.07, 6.45) is 9.65. The Morgan fingerprint density at radius 2 is 2.42 bits per heavy atom. The van der Waals surface area contributed by atoms with Gasteiger partial charge in [-0.1, -0.05) is 18.2 Å². The molecule has 0 amide bonds. The fourth-order valence-corrected chi connectivity index (χ4v) is 1.29. The lowest BCUT2D eigenvalue weighted by molar-refractivity contribution is 0.778. The van der Waals surface area contributed by atoms with Crippen LogP contribution in [0.15, 0.2) is 18.3 Å². The van der Waals surface area contributed by atoms with Crippen molar-refractivity contribution >= 4 is 12.2 Å². The second-order valence-corrected chi connectivity index (χ2v) is 3.28. The van der Waals surface area contributed by atoms with Crippen LogP contribution >= 0.6 is 0 Å². The van der Waals surface area contributed by atoms with Gasteiger partial charge in [0.15, 0.2) is 0 Å². The maximum atomic E-state index is 5.95. The van der Waals surface area contributed by atoms with E-state index in [2.05, 4.69) is 10.2 Å². The Balaban J connectivity index is 2.75. The quantitative estimate of drug-likeness (QED) is 0.526. The zero-order valence-electron chi connectivity index (χ0n) is 6.91. The maximum absolute atomic E-state index is 5.95. The number of rotatable bonds is 0. The van der Waals surface area contributed by atoms with Gasteiger partial charge in [0.05, 0.1) is 17.1 Å². The summed E-state index contributed by atoms with van der Waals surface area (Å²) in [5.41, 5.74) is 5.58. The maximum Gasteiger partial charge on any atom is 0.0647 e. The summed E-state index contributed by atoms with van der Waals surface area (Å²) < 4.78 is 0. The van der Waals surface area contributed by atoms with Crippen molar-refractivity contribution in [3.8, 4) is 0 Å². The zero-order chi connectivity index (χ0) is 8.60. The first kappa shape index (κ1) is 7.31. The van der Waals surface area contributed by atoms with E-state index in [1.54, 1.807) is 6.20 Å². The summed E-state index contributed by atoms with van der Waals surface area (Å²) in [6.45, 7) is 1.96. The molecule has 1 atom stereocenters. The van der Waals surface area contributed by atoms with Gasteiger partial charge in [0, 0.05) is 5.22 Å². The van der Waals surface area contributed by atoms with Gasteiger partial charge in [0.2, 0.25) is 0 Å². The molecule has 62 valence electrons. The largest absolute Gasteiger partial charge is 0.319 e. The SMILES string of the molecule is CC1(N)C=CC=c2[nH]ncc2=C1. The van der Waals surface area contributed by atoms with Crippen LogP contribution in [0.1, 0.15) is 6.92 Å². The Morgan fingerprint density at radius 3 is 3.25 bits per heavy atom. The summed E-state index contributed by atoms with van der Waals surface area (Å²) in [5.74, 6) is 0. The van der Waals surface area contributed by atoms with Gasteiger partial charge in [-0.05, 0) is 13.0 Å². The van der Waals surface area contributed by atoms with Gasteiger partial charge in [-0.25, -0.2) is 0 Å². The summed E-state index contributed by atoms with van der Waals surface area (Å²) in [7, 11) is 0. The minimum Gasteiger partial charge on any atom is -0.319 e. The molecule has 0 fully saturated rings. The monoisotopic (exact) mass is 161 g/mol. The minimum atomic E-state index is -0.369. The third-order valence-corrected chi connectivity index (χ3v) is 1.88. The Labute approximate surface area is 70.3 Å². The number of aromatic nitrogens is 2. The fourth-order valence-electron chi connectivity index (χ4n) is 1.29. The average Bonchev–Trinajstić information content (AvgIpc) is 2.31. The van der Waals surface area contributed by atoms with Crippen LogP contribution in [0.2, 0.25) is 0 Å². The number of hydrogen-bond donors (Lipinski definition) is 2. The lowest BCUT2D eigenvalue weighted by Gasteiger charge is -2.12. The van der Waals surface area contributed by atoms with Crippen molar-refractivity contribution in [3.63, 3.8) is 0 Å². The molecule has 0 radical (unpaired) electrons. The molecule has 1 aliphatic carbocycles. The van der Waals surface area contributed by atoms with E-state index in [9.17, 15) is 0 Å². The van der Waals surface area contributed by atoms with Crippen LogP contribution in [-0.2, 0) is 0 Å². The number of allylic oxidation sites excluding steroid dienone is 1. The van der Waals surface area contributed by atoms with Crippen molar-refractivity contribution in [1.82, 2.24) is 10.2 Å². The number of H-pyrrole nitrogens is 1. The molecule has 1 heterocycles. The predicted octanol–water partition coefficient (Wildman–Crippen LogP) is -0.742. The van der Waals surface area contributed by atoms with Crippen molar-refractivity contribution < 1.29 is 0 Å². The van der Waals surface area contributed by atoms with E-state index < -0.39 is 0 Å². The Bertz CT molecular complexity index is 423. The zero-order valence-corrected chi connectivity index (χ0v) is 6.91. The highest BCUT2D eigenvalue weighted by atomic mass is 15.1. The summed E-state index contributed by atoms with van der Waals surface area (Å²) >= 11 is 0. The number of nitrogens with one attached hydrogen (secondary N) is 1. The molecule has 2 rings (SSSR count). The normalized spacial score (nSPS) is 26.8. The van der Waals surface area contributed by atoms with E-state index in [0.29, 0.717) is 0 Å². The molecular formula is C9H11N3. The summed E-state index contributed by atoms with van der Waals surface area (Å²) in [4.78, 5) is 0. The molecule has 0 bridgehead atoms. The highest BCUT2D eigenvalue weighted by Crippen LogP contribution is 2.03. The van der Waals surface area contributed by atoms with Crippen molar-refractivity contribution in [1.29, 1.82) is 0 Å². The van der Waals surface area contributed by atoms with Gasteiger partial charge in [-0.15, -0.1) is 0 Å². The van der Waals surface area contributed by atoms with Crippen LogP contribution in [0.3, 0.4) is 0 Å². The van der Waals surface area contributed by atoms with Gasteiger partial charge in [-0.3, -0.25) is 5.10 Å². The highest BCUT2D eigenvalue weighted by Gasteiger charge is 2.10. The van der Waals surface area contributed by atoms with E-state index in [-0.39, 0.29) is 5.54 Å². The molecule has 3 heteroatoms. The molecule has 0 saturated carbocycles. The highest BCUT2D eigenvalue weighted by molar-refractivity contribution is 5.49. The molecule has 0 aliphatic heterocycles. The molecule has 1 aliphatic rings. The number of fused-ring (bicyclic) bond motifs is 1. The first-order valence-corrected chi connectivity index (χ1v) is 3.88. The topological polar surface area (TPSA) is 54.7 Å². The minimum absolute atomic E-state index is 0.369. The van der Waals surface area contributed by atoms with Crippen LogP contribution in [0.4, 0.5) is 0 Å². The van der Waals surface area contributed by atoms with Crippen molar-refractivity contribution in [2.24, 2.45) is 5.73 Å². The Kier molecular flexibility index (Phi) is 1.41. The van der Waals surface area contributed by atoms with Crippen molar-refractivity contribution in [2.45, 2.75) is 12.5 Å². The second kappa shape index (κ2) is 2.32. The molecule has 0 aromatic carbocycles. The average molecular weight is 161 g/mol. The van der Waals surface area contributed by atoms with Crippen LogP contribution in [0.25, 0.3) is 12.2 Å². The first-order valence-electron chi connectivity index (χ1n) is 3.88. The van der Waals surface area contributed by atoms with Gasteiger partial charge >= 0.3 is 0 Å². The lowest BCUT2D eigenvalue weighted by atomic mass is 10.0. The second-order valence-electron chi connectivity index (χ2n) is 3.28. The number of nitrogens with two attached hydrogens (primary N) is 1. The molecule has 12 heavy (non-hydrogen) atoms. The predicted molar refractivity (Wildman–Crippen MR) is 48.5 cm³/mol. The molecule has 0 spiro atoms. The Morgan fingerprint density at radius 1 is 1.58 bits per heavy atom. The van der Waals surface area contributed by atoms with Crippen LogP contribution in [0, 0.1) is 0 Å². The third-order valence-electron chi connectivity index (χ3n) is 1.88. The van der Waals surface area contributed by atoms with Gasteiger partial charge in [-0.2, -0.15) is 5.10 Å². The fraction of sp³-hybridized carbons (Fsp3) is 0.222. The van der Waals surface area contributed by atoms with Crippen LogP contribution in [-0.4, -0.2) is 15.7 Å². The Hall–Kier alpha value is -1.35. The number of hydrogen-bond acceptors (Lipinski definition) is 2. The van der Waals surface area contributed by atoms with Crippen LogP contribution < -0.4 is 16.3 Å². The standard InChI is InChI=1S/C9H11N3/c1-9(10)4-2-3-8-7(5-9)6-11-12-8/h2-6,12H,10H2,1H3. The van der Waals surface area contributed by atoms with Gasteiger partial charge < -0.3 is 5.73 Å². The molecule has 3 N–H and O–H groups in total. The molecule has 0 saturated heterocycles. The van der Waals surface area contributed by atoms with Crippen molar-refractivity contribution in [2.75, 3.05) is 0 Å². The summed E-state index contributed by atoms with van der Waals surface area (Å²) in [6, 6.07) is 0. The number of aromatic amines is 1. The molecule has 1 aromatic heterocycles. The molecule has 1 unspecified atom stereocenters. The van der Waals surface area contributed by atoms with E-state index in [1.165, 1.54) is 0 Å². The van der Waals surface area contributed by atoms with Gasteiger partial charge in [0.25, 0.3) is 0 Å². The molecule has 3 nitrogen and oxygen atoms in total. The van der Waals surface area contributed by atoms with E-state index in [1.807, 2.05) is 31.2 Å². The van der Waals surface area contributed by atoms with E-state index in [0.717, 1.165) is 10.6 Å². The lowest BCUT2D eigenvalue weighted by Crippen LogP contribution is -2.34. The van der Waals surface area contributed by atoms with Gasteiger partial charge in [0.1, 0.15) is 0 Å². The van der Waals surface area contributed by atoms with Crippen LogP contribution in [0.5, 0.6) is 0 Å². The first-order chi connectivity index (χ1) is 5.67. The third kappa shape index (κ3) is 1.19. The molecular weight excluding hydrogens is 150 g/mol. The smallest absolute Gasteiger partial charge is 0.0647 e. The number of nitrogens with zero attached hydrogens (tertiary/aromatic N) is 1. The molecule has 1 aromatic rings. The summed E-state index contributed by atoms with van der Waals surface area (Å²) in [5, 5.41) is 8.90.